The highest BCUT2D eigenvalue weighted by Crippen LogP contribution is 2.31. The van der Waals surface area contributed by atoms with Gasteiger partial charge in [-0.2, -0.15) is 0 Å². The van der Waals surface area contributed by atoms with Crippen LogP contribution < -0.4 is 10.1 Å². The minimum atomic E-state index is -0.382. The third-order valence-electron chi connectivity index (χ3n) is 2.76. The molecule has 0 fully saturated rings. The molecule has 0 aromatic heterocycles. The van der Waals surface area contributed by atoms with Gasteiger partial charge in [-0.05, 0) is 26.0 Å². The lowest BCUT2D eigenvalue weighted by Crippen LogP contribution is -2.23. The number of nitrogens with one attached hydrogen (secondary N) is 1. The second-order valence-corrected chi connectivity index (χ2v) is 4.33. The van der Waals surface area contributed by atoms with Crippen molar-refractivity contribution in [3.63, 3.8) is 0 Å². The number of carbonyl (C=O) groups excluding carboxylic acids is 1. The van der Waals surface area contributed by atoms with Crippen LogP contribution in [-0.4, -0.2) is 38.4 Å². The van der Waals surface area contributed by atoms with Gasteiger partial charge in [0.05, 0.1) is 12.3 Å². The van der Waals surface area contributed by atoms with Crippen molar-refractivity contribution in [1.82, 2.24) is 0 Å². The van der Waals surface area contributed by atoms with E-state index in [2.05, 4.69) is 5.32 Å². The van der Waals surface area contributed by atoms with Crippen LogP contribution in [0.25, 0.3) is 0 Å². The van der Waals surface area contributed by atoms with Crippen LogP contribution in [0.1, 0.15) is 24.2 Å². The first kappa shape index (κ1) is 13.7. The number of benzene rings is 1. The lowest BCUT2D eigenvalue weighted by molar-refractivity contribution is 0.00409. The Kier molecular flexibility index (Phi) is 4.63. The third kappa shape index (κ3) is 3.38. The molecule has 19 heavy (non-hydrogen) atoms. The molecule has 0 radical (unpaired) electrons. The fourth-order valence-corrected chi connectivity index (χ4v) is 1.90. The van der Waals surface area contributed by atoms with Gasteiger partial charge in [0.25, 0.3) is 0 Å². The molecule has 5 heteroatoms. The van der Waals surface area contributed by atoms with Gasteiger partial charge in [0.1, 0.15) is 18.3 Å². The summed E-state index contributed by atoms with van der Waals surface area (Å²) in [6.07, 6.45) is -0.278. The van der Waals surface area contributed by atoms with E-state index in [0.717, 1.165) is 12.2 Å². The van der Waals surface area contributed by atoms with E-state index in [4.69, 9.17) is 14.2 Å². The fraction of sp³-hybridized carbons (Fsp3) is 0.500. The zero-order valence-corrected chi connectivity index (χ0v) is 11.3. The van der Waals surface area contributed by atoms with Gasteiger partial charge in [0, 0.05) is 13.2 Å². The van der Waals surface area contributed by atoms with Gasteiger partial charge in [0.2, 0.25) is 0 Å². The molecule has 0 saturated carbocycles. The molecule has 1 unspecified atom stereocenters. The highest BCUT2D eigenvalue weighted by molar-refractivity contribution is 5.95. The molecule has 1 heterocycles. The lowest BCUT2D eigenvalue weighted by atomic mass is 10.1. The minimum absolute atomic E-state index is 0.278. The summed E-state index contributed by atoms with van der Waals surface area (Å²) in [5, 5.41) is 3.19. The van der Waals surface area contributed by atoms with Crippen molar-refractivity contribution < 1.29 is 19.0 Å². The highest BCUT2D eigenvalue weighted by Gasteiger charge is 2.21. The first-order valence-corrected chi connectivity index (χ1v) is 6.50. The van der Waals surface area contributed by atoms with Gasteiger partial charge in [-0.1, -0.05) is 6.07 Å². The van der Waals surface area contributed by atoms with Gasteiger partial charge in [-0.3, -0.25) is 0 Å². The maximum atomic E-state index is 12.1. The summed E-state index contributed by atoms with van der Waals surface area (Å²) >= 11 is 0. The monoisotopic (exact) mass is 265 g/mol. The molecule has 0 spiro atoms. The molecule has 1 aliphatic heterocycles. The van der Waals surface area contributed by atoms with Crippen LogP contribution in [0.5, 0.6) is 5.75 Å². The van der Waals surface area contributed by atoms with Gasteiger partial charge in [0.15, 0.2) is 5.75 Å². The molecular formula is C14H19NO4. The van der Waals surface area contributed by atoms with E-state index in [0.29, 0.717) is 31.1 Å². The zero-order chi connectivity index (χ0) is 13.7. The molecule has 2 rings (SSSR count). The SMILES string of the molecule is CCOCC(C)OC(=O)c1cccc2c1OCCN2. The standard InChI is InChI=1S/C14H19NO4/c1-3-17-9-10(2)19-14(16)11-5-4-6-12-13(11)18-8-7-15-12/h4-6,10,15H,3,7-9H2,1-2H3. The Morgan fingerprint density at radius 3 is 3.16 bits per heavy atom. The minimum Gasteiger partial charge on any atom is -0.489 e. The Morgan fingerprint density at radius 2 is 2.37 bits per heavy atom. The maximum absolute atomic E-state index is 12.1. The topological polar surface area (TPSA) is 56.8 Å². The molecule has 0 aliphatic carbocycles. The van der Waals surface area contributed by atoms with Crippen LogP contribution in [0.3, 0.4) is 0 Å². The molecule has 104 valence electrons. The second-order valence-electron chi connectivity index (χ2n) is 4.33. The Bertz CT molecular complexity index is 447. The fourth-order valence-electron chi connectivity index (χ4n) is 1.90. The molecule has 1 aromatic carbocycles. The van der Waals surface area contributed by atoms with E-state index in [1.54, 1.807) is 6.07 Å². The summed E-state index contributed by atoms with van der Waals surface area (Å²) in [5.74, 6) is 0.190. The Labute approximate surface area is 112 Å². The highest BCUT2D eigenvalue weighted by atomic mass is 16.6. The summed E-state index contributed by atoms with van der Waals surface area (Å²) in [7, 11) is 0. The van der Waals surface area contributed by atoms with Gasteiger partial charge < -0.3 is 19.5 Å². The number of hydrogen-bond donors (Lipinski definition) is 1. The van der Waals surface area contributed by atoms with Crippen molar-refractivity contribution in [1.29, 1.82) is 0 Å². The van der Waals surface area contributed by atoms with E-state index in [-0.39, 0.29) is 12.1 Å². The van der Waals surface area contributed by atoms with Crippen LogP contribution in [0.15, 0.2) is 18.2 Å². The molecule has 5 nitrogen and oxygen atoms in total. The molecule has 1 atom stereocenters. The molecular weight excluding hydrogens is 246 g/mol. The number of anilines is 1. The van der Waals surface area contributed by atoms with E-state index in [9.17, 15) is 4.79 Å². The summed E-state index contributed by atoms with van der Waals surface area (Å²) in [4.78, 5) is 12.1. The predicted molar refractivity (Wildman–Crippen MR) is 71.8 cm³/mol. The van der Waals surface area contributed by atoms with Crippen molar-refractivity contribution in [2.45, 2.75) is 20.0 Å². The number of esters is 1. The smallest absolute Gasteiger partial charge is 0.342 e. The lowest BCUT2D eigenvalue weighted by Gasteiger charge is -2.21. The summed E-state index contributed by atoms with van der Waals surface area (Å²) in [5.41, 5.74) is 1.28. The van der Waals surface area contributed by atoms with Gasteiger partial charge >= 0.3 is 5.97 Å². The number of rotatable bonds is 5. The zero-order valence-electron chi connectivity index (χ0n) is 11.3. The van der Waals surface area contributed by atoms with Crippen LogP contribution in [0, 0.1) is 0 Å². The molecule has 0 amide bonds. The van der Waals surface area contributed by atoms with Crippen molar-refractivity contribution in [2.24, 2.45) is 0 Å². The average molecular weight is 265 g/mol. The second kappa shape index (κ2) is 6.43. The van der Waals surface area contributed by atoms with Crippen LogP contribution in [-0.2, 0) is 9.47 Å². The van der Waals surface area contributed by atoms with Gasteiger partial charge in [-0.25, -0.2) is 4.79 Å². The van der Waals surface area contributed by atoms with E-state index < -0.39 is 0 Å². The first-order valence-electron chi connectivity index (χ1n) is 6.50. The number of fused-ring (bicyclic) bond motifs is 1. The molecule has 1 aliphatic rings. The Balaban J connectivity index is 2.07. The summed E-state index contributed by atoms with van der Waals surface area (Å²) in [6, 6.07) is 5.40. The van der Waals surface area contributed by atoms with Crippen molar-refractivity contribution in [3.8, 4) is 5.75 Å². The predicted octanol–water partition coefficient (Wildman–Crippen LogP) is 2.07. The van der Waals surface area contributed by atoms with E-state index >= 15 is 0 Å². The molecule has 0 bridgehead atoms. The first-order chi connectivity index (χ1) is 9.22. The third-order valence-corrected chi connectivity index (χ3v) is 2.76. The molecule has 0 saturated heterocycles. The summed E-state index contributed by atoms with van der Waals surface area (Å²) in [6.45, 7) is 6.01. The number of para-hydroxylation sites is 1. The Hall–Kier alpha value is -1.75. The average Bonchev–Trinajstić information content (AvgIpc) is 2.44. The number of hydrogen-bond acceptors (Lipinski definition) is 5. The van der Waals surface area contributed by atoms with Crippen LogP contribution in [0.2, 0.25) is 0 Å². The molecule has 1 aromatic rings. The van der Waals surface area contributed by atoms with E-state index in [1.807, 2.05) is 26.0 Å². The van der Waals surface area contributed by atoms with Crippen LogP contribution in [0.4, 0.5) is 5.69 Å². The quantitative estimate of drug-likeness (QED) is 0.826. The van der Waals surface area contributed by atoms with Crippen molar-refractivity contribution in [2.75, 3.05) is 31.7 Å². The van der Waals surface area contributed by atoms with Gasteiger partial charge in [-0.15, -0.1) is 0 Å². The molecule has 1 N–H and O–H groups in total. The number of ether oxygens (including phenoxy) is 3. The normalized spacial score (nSPS) is 14.8. The summed E-state index contributed by atoms with van der Waals surface area (Å²) < 4.78 is 16.1. The van der Waals surface area contributed by atoms with Crippen LogP contribution >= 0.6 is 0 Å². The van der Waals surface area contributed by atoms with Crippen molar-refractivity contribution >= 4 is 11.7 Å². The Morgan fingerprint density at radius 1 is 1.53 bits per heavy atom. The maximum Gasteiger partial charge on any atom is 0.342 e. The van der Waals surface area contributed by atoms with E-state index in [1.165, 1.54) is 0 Å². The largest absolute Gasteiger partial charge is 0.489 e. The van der Waals surface area contributed by atoms with Crippen molar-refractivity contribution in [3.05, 3.63) is 23.8 Å². The number of carbonyl (C=O) groups is 1.